The standard InChI is InChI=1S/C18H26FN3O2/c1-14(18(23)20-17-7-3-2-6-16(17)19)22-10-8-21(9-11-22)13-15-5-4-12-24-15/h2-3,6-7,14-15H,4-5,8-13H2,1H3,(H,20,23)/p+2/t14-,15+/m1/s1. The number of anilines is 1. The van der Waals surface area contributed by atoms with Crippen LogP contribution in [-0.2, 0) is 9.53 Å². The van der Waals surface area contributed by atoms with Crippen molar-refractivity contribution >= 4 is 11.6 Å². The van der Waals surface area contributed by atoms with Crippen LogP contribution in [0.15, 0.2) is 24.3 Å². The zero-order valence-corrected chi connectivity index (χ0v) is 14.3. The van der Waals surface area contributed by atoms with Gasteiger partial charge in [-0.25, -0.2) is 4.39 Å². The quantitative estimate of drug-likeness (QED) is 0.653. The minimum atomic E-state index is -0.390. The van der Waals surface area contributed by atoms with Crippen molar-refractivity contribution < 1.29 is 23.7 Å². The highest BCUT2D eigenvalue weighted by molar-refractivity contribution is 5.93. The Bertz CT molecular complexity index is 555. The van der Waals surface area contributed by atoms with E-state index in [0.717, 1.165) is 39.3 Å². The summed E-state index contributed by atoms with van der Waals surface area (Å²) in [5.74, 6) is -0.503. The molecular weight excluding hydrogens is 309 g/mol. The number of halogens is 1. The van der Waals surface area contributed by atoms with E-state index in [-0.39, 0.29) is 23.5 Å². The molecule has 0 bridgehead atoms. The van der Waals surface area contributed by atoms with Gasteiger partial charge in [0, 0.05) is 6.61 Å². The molecule has 24 heavy (non-hydrogen) atoms. The van der Waals surface area contributed by atoms with Crippen LogP contribution in [-0.4, -0.2) is 57.4 Å². The largest absolute Gasteiger partial charge is 0.372 e. The van der Waals surface area contributed by atoms with Crippen LogP contribution < -0.4 is 15.1 Å². The van der Waals surface area contributed by atoms with Gasteiger partial charge in [0.25, 0.3) is 5.91 Å². The first-order chi connectivity index (χ1) is 11.6. The highest BCUT2D eigenvalue weighted by atomic mass is 19.1. The monoisotopic (exact) mass is 337 g/mol. The Hall–Kier alpha value is -1.50. The molecule has 1 aromatic carbocycles. The Morgan fingerprint density at radius 1 is 1.33 bits per heavy atom. The topological polar surface area (TPSA) is 47.2 Å². The van der Waals surface area contributed by atoms with Gasteiger partial charge in [0.15, 0.2) is 6.04 Å². The number of carbonyl (C=O) groups excluding carboxylic acids is 1. The number of rotatable bonds is 5. The van der Waals surface area contributed by atoms with Crippen molar-refractivity contribution in [2.45, 2.75) is 31.9 Å². The number of amides is 1. The molecule has 5 nitrogen and oxygen atoms in total. The molecule has 0 saturated carbocycles. The molecule has 2 aliphatic rings. The Kier molecular flexibility index (Phi) is 5.81. The average Bonchev–Trinajstić information content (AvgIpc) is 3.10. The van der Waals surface area contributed by atoms with E-state index in [0.29, 0.717) is 6.10 Å². The second-order valence-corrected chi connectivity index (χ2v) is 6.94. The van der Waals surface area contributed by atoms with E-state index in [1.54, 1.807) is 23.1 Å². The molecule has 0 spiro atoms. The third kappa shape index (κ3) is 4.32. The fourth-order valence-corrected chi connectivity index (χ4v) is 3.68. The Labute approximate surface area is 142 Å². The molecule has 2 fully saturated rings. The van der Waals surface area contributed by atoms with Crippen molar-refractivity contribution in [2.75, 3.05) is 44.6 Å². The second kappa shape index (κ2) is 8.05. The van der Waals surface area contributed by atoms with Gasteiger partial charge in [0.2, 0.25) is 0 Å². The van der Waals surface area contributed by atoms with Crippen LogP contribution in [0.25, 0.3) is 0 Å². The zero-order chi connectivity index (χ0) is 16.9. The second-order valence-electron chi connectivity index (χ2n) is 6.94. The SMILES string of the molecule is C[C@H](C(=O)Nc1ccccc1F)[NH+]1CC[NH+](C[C@@H]2CCCO2)CC1. The first-order valence-corrected chi connectivity index (χ1v) is 8.98. The van der Waals surface area contributed by atoms with Gasteiger partial charge in [0.05, 0.1) is 5.69 Å². The normalized spacial score (nSPS) is 28.5. The molecule has 1 aromatic rings. The van der Waals surface area contributed by atoms with Gasteiger partial charge in [-0.15, -0.1) is 0 Å². The Balaban J connectivity index is 1.46. The number of nitrogens with one attached hydrogen (secondary N) is 3. The lowest BCUT2D eigenvalue weighted by atomic mass is 10.2. The number of hydrogen-bond acceptors (Lipinski definition) is 2. The van der Waals surface area contributed by atoms with Crippen LogP contribution in [0.1, 0.15) is 19.8 Å². The van der Waals surface area contributed by atoms with Crippen LogP contribution in [0.4, 0.5) is 10.1 Å². The van der Waals surface area contributed by atoms with Crippen LogP contribution >= 0.6 is 0 Å². The average molecular weight is 337 g/mol. The minimum Gasteiger partial charge on any atom is -0.372 e. The van der Waals surface area contributed by atoms with E-state index in [9.17, 15) is 9.18 Å². The van der Waals surface area contributed by atoms with Gasteiger partial charge in [0.1, 0.15) is 44.6 Å². The fourth-order valence-electron chi connectivity index (χ4n) is 3.68. The van der Waals surface area contributed by atoms with Gasteiger partial charge in [-0.2, -0.15) is 0 Å². The fraction of sp³-hybridized carbons (Fsp3) is 0.611. The number of ether oxygens (including phenoxy) is 1. The molecule has 132 valence electrons. The van der Waals surface area contributed by atoms with Gasteiger partial charge < -0.3 is 19.9 Å². The maximum absolute atomic E-state index is 13.7. The van der Waals surface area contributed by atoms with Gasteiger partial charge in [-0.1, -0.05) is 12.1 Å². The summed E-state index contributed by atoms with van der Waals surface area (Å²) < 4.78 is 19.4. The molecule has 2 saturated heterocycles. The summed E-state index contributed by atoms with van der Waals surface area (Å²) in [6, 6.07) is 6.13. The van der Waals surface area contributed by atoms with Crippen molar-refractivity contribution in [3.05, 3.63) is 30.1 Å². The number of piperazine rings is 1. The van der Waals surface area contributed by atoms with Gasteiger partial charge in [-0.3, -0.25) is 4.79 Å². The predicted molar refractivity (Wildman–Crippen MR) is 89.7 cm³/mol. The first-order valence-electron chi connectivity index (χ1n) is 8.98. The number of para-hydroxylation sites is 1. The van der Waals surface area contributed by atoms with E-state index in [2.05, 4.69) is 5.32 Å². The van der Waals surface area contributed by atoms with Crippen molar-refractivity contribution in [1.29, 1.82) is 0 Å². The number of carbonyl (C=O) groups is 1. The minimum absolute atomic E-state index is 0.113. The maximum Gasteiger partial charge on any atom is 0.282 e. The van der Waals surface area contributed by atoms with E-state index in [1.807, 2.05) is 6.92 Å². The summed E-state index contributed by atoms with van der Waals surface area (Å²) in [4.78, 5) is 15.3. The highest BCUT2D eigenvalue weighted by Gasteiger charge is 2.32. The maximum atomic E-state index is 13.7. The first kappa shape index (κ1) is 17.3. The lowest BCUT2D eigenvalue weighted by Gasteiger charge is -2.33. The number of benzene rings is 1. The molecule has 2 heterocycles. The van der Waals surface area contributed by atoms with Gasteiger partial charge >= 0.3 is 0 Å². The van der Waals surface area contributed by atoms with E-state index >= 15 is 0 Å². The highest BCUT2D eigenvalue weighted by Crippen LogP contribution is 2.12. The molecule has 2 atom stereocenters. The number of quaternary nitrogens is 2. The molecule has 3 N–H and O–H groups in total. The summed E-state index contributed by atoms with van der Waals surface area (Å²) in [6.45, 7) is 7.98. The van der Waals surface area contributed by atoms with Crippen molar-refractivity contribution in [1.82, 2.24) is 0 Å². The molecule has 0 aliphatic carbocycles. The summed E-state index contributed by atoms with van der Waals surface area (Å²) in [7, 11) is 0. The zero-order valence-electron chi connectivity index (χ0n) is 14.3. The lowest BCUT2D eigenvalue weighted by Crippen LogP contribution is -3.30. The molecular formula is C18H28FN3O2+2. The summed E-state index contributed by atoms with van der Waals surface area (Å²) in [5.41, 5.74) is 0.261. The van der Waals surface area contributed by atoms with E-state index < -0.39 is 0 Å². The summed E-state index contributed by atoms with van der Waals surface area (Å²) >= 11 is 0. The predicted octanol–water partition coefficient (Wildman–Crippen LogP) is -0.885. The van der Waals surface area contributed by atoms with Crippen LogP contribution in [0.3, 0.4) is 0 Å². The van der Waals surface area contributed by atoms with Crippen molar-refractivity contribution in [2.24, 2.45) is 0 Å². The van der Waals surface area contributed by atoms with Gasteiger partial charge in [-0.05, 0) is 31.9 Å². The Morgan fingerprint density at radius 3 is 2.75 bits per heavy atom. The van der Waals surface area contributed by atoms with E-state index in [4.69, 9.17) is 4.74 Å². The van der Waals surface area contributed by atoms with Crippen LogP contribution in [0.2, 0.25) is 0 Å². The summed E-state index contributed by atoms with van der Waals surface area (Å²) in [5, 5.41) is 2.72. The Morgan fingerprint density at radius 2 is 2.08 bits per heavy atom. The van der Waals surface area contributed by atoms with Crippen LogP contribution in [0.5, 0.6) is 0 Å². The molecule has 0 unspecified atom stereocenters. The van der Waals surface area contributed by atoms with E-state index in [1.165, 1.54) is 23.8 Å². The summed E-state index contributed by atoms with van der Waals surface area (Å²) in [6.07, 6.45) is 2.78. The van der Waals surface area contributed by atoms with Crippen molar-refractivity contribution in [3.8, 4) is 0 Å². The third-order valence-corrected chi connectivity index (χ3v) is 5.28. The third-order valence-electron chi connectivity index (χ3n) is 5.28. The molecule has 3 rings (SSSR count). The molecule has 0 radical (unpaired) electrons. The molecule has 2 aliphatic heterocycles. The lowest BCUT2D eigenvalue weighted by molar-refractivity contribution is -1.02. The molecule has 1 amide bonds. The molecule has 0 aromatic heterocycles. The van der Waals surface area contributed by atoms with Crippen molar-refractivity contribution in [3.63, 3.8) is 0 Å². The number of hydrogen-bond donors (Lipinski definition) is 3. The van der Waals surface area contributed by atoms with Crippen LogP contribution in [0, 0.1) is 5.82 Å². The molecule has 6 heteroatoms. The smallest absolute Gasteiger partial charge is 0.282 e.